The number of halogens is 5. The number of anilines is 1. The van der Waals surface area contributed by atoms with Crippen LogP contribution in [0.4, 0.5) is 23.6 Å². The molecular formula is C20H12ClF4N5O3. The van der Waals surface area contributed by atoms with Crippen molar-refractivity contribution < 1.29 is 26.8 Å². The summed E-state index contributed by atoms with van der Waals surface area (Å²) >= 11 is 5.81. The molecule has 4 aromatic rings. The number of amides is 1. The van der Waals surface area contributed by atoms with E-state index in [1.165, 1.54) is 12.1 Å². The summed E-state index contributed by atoms with van der Waals surface area (Å²) in [5, 5.41) is 6.02. The molecule has 0 fully saturated rings. The third-order valence-corrected chi connectivity index (χ3v) is 4.91. The van der Waals surface area contributed by atoms with E-state index < -0.39 is 40.7 Å². The molecule has 0 atom stereocenters. The Morgan fingerprint density at radius 3 is 2.55 bits per heavy atom. The molecule has 0 radical (unpaired) electrons. The fourth-order valence-electron chi connectivity index (χ4n) is 2.93. The molecule has 1 amide bonds. The third-order valence-electron chi connectivity index (χ3n) is 4.67. The predicted octanol–water partition coefficient (Wildman–Crippen LogP) is 4.45. The molecule has 8 nitrogen and oxygen atoms in total. The highest BCUT2D eigenvalue weighted by molar-refractivity contribution is 6.30. The van der Waals surface area contributed by atoms with Gasteiger partial charge in [0.1, 0.15) is 23.3 Å². The molecule has 3 aromatic heterocycles. The Kier molecular flexibility index (Phi) is 5.40. The SMILES string of the molecule is Cc1cc2c(nc1C)c(=O)c(C(=O)Nc1nc(C(F)(F)F)co1)nn2-c1ccc(Cl)cc1F. The summed E-state index contributed by atoms with van der Waals surface area (Å²) in [5.41, 5.74) is -2.14. The number of nitrogens with one attached hydrogen (secondary N) is 1. The summed E-state index contributed by atoms with van der Waals surface area (Å²) in [6, 6.07) is 4.43. The minimum absolute atomic E-state index is 0.106. The molecule has 4 rings (SSSR count). The van der Waals surface area contributed by atoms with Crippen LogP contribution in [-0.2, 0) is 6.18 Å². The van der Waals surface area contributed by atoms with Crippen molar-refractivity contribution in [3.63, 3.8) is 0 Å². The Hall–Kier alpha value is -3.80. The predicted molar refractivity (Wildman–Crippen MR) is 109 cm³/mol. The lowest BCUT2D eigenvalue weighted by Gasteiger charge is -2.13. The maximum atomic E-state index is 14.7. The minimum Gasteiger partial charge on any atom is -0.431 e. The fraction of sp³-hybridized carbons (Fsp3) is 0.150. The number of hydrogen-bond acceptors (Lipinski definition) is 6. The number of nitrogens with zero attached hydrogens (tertiary/aromatic N) is 4. The molecule has 0 aliphatic heterocycles. The Morgan fingerprint density at radius 2 is 1.91 bits per heavy atom. The Balaban J connectivity index is 1.89. The van der Waals surface area contributed by atoms with Crippen molar-refractivity contribution in [1.82, 2.24) is 19.7 Å². The maximum absolute atomic E-state index is 14.7. The highest BCUT2D eigenvalue weighted by atomic mass is 35.5. The summed E-state index contributed by atoms with van der Waals surface area (Å²) in [6.45, 7) is 3.35. The third kappa shape index (κ3) is 4.16. The first-order valence-electron chi connectivity index (χ1n) is 9.16. The van der Waals surface area contributed by atoms with Crippen LogP contribution in [0.1, 0.15) is 27.4 Å². The van der Waals surface area contributed by atoms with Crippen LogP contribution < -0.4 is 10.7 Å². The number of carbonyl (C=O) groups is 1. The number of pyridine rings is 1. The van der Waals surface area contributed by atoms with Crippen LogP contribution >= 0.6 is 11.6 Å². The number of carbonyl (C=O) groups excluding carboxylic acids is 1. The van der Waals surface area contributed by atoms with Gasteiger partial charge in [-0.15, -0.1) is 0 Å². The molecule has 1 aromatic carbocycles. The zero-order valence-corrected chi connectivity index (χ0v) is 17.5. The van der Waals surface area contributed by atoms with Gasteiger partial charge in [-0.25, -0.2) is 14.1 Å². The van der Waals surface area contributed by atoms with E-state index in [4.69, 9.17) is 11.6 Å². The van der Waals surface area contributed by atoms with Gasteiger partial charge >= 0.3 is 12.2 Å². The largest absolute Gasteiger partial charge is 0.436 e. The van der Waals surface area contributed by atoms with Crippen molar-refractivity contribution in [1.29, 1.82) is 0 Å². The second kappa shape index (κ2) is 7.96. The number of oxazole rings is 1. The van der Waals surface area contributed by atoms with Crippen molar-refractivity contribution >= 4 is 34.6 Å². The average Bonchev–Trinajstić information content (AvgIpc) is 3.19. The second-order valence-corrected chi connectivity index (χ2v) is 7.37. The van der Waals surface area contributed by atoms with Crippen molar-refractivity contribution in [2.24, 2.45) is 0 Å². The molecule has 0 aliphatic rings. The van der Waals surface area contributed by atoms with Gasteiger partial charge in [-0.2, -0.15) is 23.3 Å². The smallest absolute Gasteiger partial charge is 0.431 e. The molecule has 0 unspecified atom stereocenters. The van der Waals surface area contributed by atoms with Crippen LogP contribution in [0.3, 0.4) is 0 Å². The van der Waals surface area contributed by atoms with E-state index in [-0.39, 0.29) is 21.7 Å². The van der Waals surface area contributed by atoms with E-state index >= 15 is 0 Å². The highest BCUT2D eigenvalue weighted by Crippen LogP contribution is 2.29. The average molecular weight is 482 g/mol. The first kappa shape index (κ1) is 22.4. The number of hydrogen-bond donors (Lipinski definition) is 1. The molecule has 170 valence electrons. The Bertz CT molecular complexity index is 1480. The number of aryl methyl sites for hydroxylation is 2. The van der Waals surface area contributed by atoms with Crippen LogP contribution in [0.2, 0.25) is 5.02 Å². The van der Waals surface area contributed by atoms with Gasteiger partial charge in [-0.3, -0.25) is 14.9 Å². The van der Waals surface area contributed by atoms with Gasteiger partial charge in [-0.1, -0.05) is 11.6 Å². The Morgan fingerprint density at radius 1 is 1.18 bits per heavy atom. The maximum Gasteiger partial charge on any atom is 0.436 e. The summed E-state index contributed by atoms with van der Waals surface area (Å²) in [5.74, 6) is -2.02. The normalized spacial score (nSPS) is 11.7. The van der Waals surface area contributed by atoms with E-state index in [0.29, 0.717) is 17.5 Å². The number of rotatable bonds is 3. The van der Waals surface area contributed by atoms with Crippen LogP contribution in [0.25, 0.3) is 16.7 Å². The van der Waals surface area contributed by atoms with Crippen molar-refractivity contribution in [3.05, 3.63) is 74.2 Å². The van der Waals surface area contributed by atoms with Crippen molar-refractivity contribution in [2.45, 2.75) is 20.0 Å². The van der Waals surface area contributed by atoms with Crippen molar-refractivity contribution in [2.75, 3.05) is 5.32 Å². The lowest BCUT2D eigenvalue weighted by molar-refractivity contribution is -0.141. The van der Waals surface area contributed by atoms with Gasteiger partial charge < -0.3 is 4.42 Å². The molecule has 0 spiro atoms. The minimum atomic E-state index is -4.80. The summed E-state index contributed by atoms with van der Waals surface area (Å²) in [7, 11) is 0. The molecule has 0 saturated heterocycles. The number of benzene rings is 1. The molecule has 13 heteroatoms. The summed E-state index contributed by atoms with van der Waals surface area (Å²) < 4.78 is 58.4. The Labute approximate surface area is 186 Å². The quantitative estimate of drug-likeness (QED) is 0.434. The van der Waals surface area contributed by atoms with E-state index in [9.17, 15) is 27.2 Å². The fourth-order valence-corrected chi connectivity index (χ4v) is 3.09. The molecule has 33 heavy (non-hydrogen) atoms. The van der Waals surface area contributed by atoms with Gasteiger partial charge in [0.25, 0.3) is 5.91 Å². The highest BCUT2D eigenvalue weighted by Gasteiger charge is 2.35. The monoisotopic (exact) mass is 481 g/mol. The zero-order chi connectivity index (χ0) is 24.1. The first-order valence-corrected chi connectivity index (χ1v) is 9.54. The molecular weight excluding hydrogens is 470 g/mol. The van der Waals surface area contributed by atoms with Crippen LogP contribution in [0, 0.1) is 19.7 Å². The first-order chi connectivity index (χ1) is 15.5. The van der Waals surface area contributed by atoms with E-state index in [1.807, 2.05) is 5.32 Å². The topological polar surface area (TPSA) is 103 Å². The van der Waals surface area contributed by atoms with Gasteiger partial charge in [0.05, 0.1) is 5.52 Å². The van der Waals surface area contributed by atoms with Crippen LogP contribution in [0.15, 0.2) is 39.7 Å². The van der Waals surface area contributed by atoms with Crippen LogP contribution in [0.5, 0.6) is 0 Å². The van der Waals surface area contributed by atoms with Crippen molar-refractivity contribution in [3.8, 4) is 5.69 Å². The van der Waals surface area contributed by atoms with E-state index in [1.54, 1.807) is 19.9 Å². The van der Waals surface area contributed by atoms with Gasteiger partial charge in [0, 0.05) is 10.7 Å². The van der Waals surface area contributed by atoms with Crippen LogP contribution in [-0.4, -0.2) is 25.7 Å². The number of aromatic nitrogens is 4. The van der Waals surface area contributed by atoms with E-state index in [0.717, 1.165) is 10.7 Å². The number of alkyl halides is 3. The molecule has 3 heterocycles. The molecule has 0 bridgehead atoms. The van der Waals surface area contributed by atoms with E-state index in [2.05, 4.69) is 19.5 Å². The second-order valence-electron chi connectivity index (χ2n) is 6.93. The summed E-state index contributed by atoms with van der Waals surface area (Å²) in [4.78, 5) is 33.0. The molecule has 0 saturated carbocycles. The zero-order valence-electron chi connectivity index (χ0n) is 16.8. The lowest BCUT2D eigenvalue weighted by atomic mass is 10.1. The van der Waals surface area contributed by atoms with Gasteiger partial charge in [0.15, 0.2) is 11.4 Å². The molecule has 0 aliphatic carbocycles. The van der Waals surface area contributed by atoms with Gasteiger partial charge in [-0.05, 0) is 43.7 Å². The molecule has 1 N–H and O–H groups in total. The lowest BCUT2D eigenvalue weighted by Crippen LogP contribution is -2.28. The summed E-state index contributed by atoms with van der Waals surface area (Å²) in [6.07, 6.45) is -4.50. The van der Waals surface area contributed by atoms with Gasteiger partial charge in [0.2, 0.25) is 5.43 Å². The standard InChI is InChI=1S/C20H12ClF4N5O3/c1-8-5-13-15(26-9(8)2)17(31)16(29-30(13)12-4-3-10(21)6-11(12)22)18(32)28-19-27-14(7-33-19)20(23,24)25/h3-7H,1-2H3,(H,27,28,32). The number of fused-ring (bicyclic) bond motifs is 1.